The molecule has 0 radical (unpaired) electrons. The van der Waals surface area contributed by atoms with Crippen molar-refractivity contribution in [2.45, 2.75) is 39.7 Å². The average Bonchev–Trinajstić information content (AvgIpc) is 2.36. The van der Waals surface area contributed by atoms with Crippen LogP contribution < -0.4 is 5.32 Å². The van der Waals surface area contributed by atoms with Gasteiger partial charge in [0.15, 0.2) is 0 Å². The van der Waals surface area contributed by atoms with Crippen molar-refractivity contribution >= 4 is 11.8 Å². The van der Waals surface area contributed by atoms with E-state index in [-0.39, 0.29) is 0 Å². The summed E-state index contributed by atoms with van der Waals surface area (Å²) < 4.78 is 0. The summed E-state index contributed by atoms with van der Waals surface area (Å²) in [6, 6.07) is 4.82. The Kier molecular flexibility index (Phi) is 8.10. The van der Waals surface area contributed by atoms with Crippen LogP contribution in [0.4, 0.5) is 0 Å². The second-order valence-electron chi connectivity index (χ2n) is 5.14. The normalized spacial score (nSPS) is 12.9. The number of rotatable bonds is 9. The maximum atomic E-state index is 4.07. The predicted octanol–water partition coefficient (Wildman–Crippen LogP) is 3.38. The summed E-state index contributed by atoms with van der Waals surface area (Å²) in [7, 11) is 0. The lowest BCUT2D eigenvalue weighted by atomic mass is 10.1. The van der Waals surface area contributed by atoms with E-state index in [1.165, 1.54) is 23.5 Å². The van der Waals surface area contributed by atoms with E-state index in [9.17, 15) is 0 Å². The number of nitrogens with one attached hydrogen (secondary N) is 1. The Morgan fingerprint density at radius 2 is 1.94 bits per heavy atom. The van der Waals surface area contributed by atoms with E-state index in [0.717, 1.165) is 18.9 Å². The third-order valence-corrected chi connectivity index (χ3v) is 4.23. The third kappa shape index (κ3) is 7.02. The Labute approximate surface area is 116 Å². The van der Waals surface area contributed by atoms with E-state index in [1.807, 2.05) is 12.4 Å². The van der Waals surface area contributed by atoms with Crippen LogP contribution in [-0.2, 0) is 6.42 Å². The van der Waals surface area contributed by atoms with Crippen molar-refractivity contribution in [2.75, 3.05) is 18.1 Å². The van der Waals surface area contributed by atoms with Gasteiger partial charge in [-0.25, -0.2) is 0 Å². The molecule has 0 aliphatic carbocycles. The number of nitrogens with zero attached hydrogens (tertiary/aromatic N) is 1. The fourth-order valence-corrected chi connectivity index (χ4v) is 2.92. The summed E-state index contributed by atoms with van der Waals surface area (Å²) in [4.78, 5) is 4.07. The van der Waals surface area contributed by atoms with Gasteiger partial charge in [-0.2, -0.15) is 11.8 Å². The maximum Gasteiger partial charge on any atom is 0.0270 e. The third-order valence-electron chi connectivity index (χ3n) is 2.68. The number of pyridine rings is 1. The fraction of sp³-hybridized carbons (Fsp3) is 0.667. The van der Waals surface area contributed by atoms with Crippen molar-refractivity contribution in [3.63, 3.8) is 0 Å². The number of hydrogen-bond donors (Lipinski definition) is 1. The highest BCUT2D eigenvalue weighted by Crippen LogP contribution is 2.12. The molecule has 1 atom stereocenters. The predicted molar refractivity (Wildman–Crippen MR) is 82.2 cm³/mol. The van der Waals surface area contributed by atoms with E-state index in [4.69, 9.17) is 0 Å². The summed E-state index contributed by atoms with van der Waals surface area (Å²) in [5, 5.41) is 3.65. The minimum Gasteiger partial charge on any atom is -0.313 e. The average molecular weight is 266 g/mol. The van der Waals surface area contributed by atoms with Gasteiger partial charge in [-0.1, -0.05) is 20.8 Å². The molecular formula is C15H26N2S. The molecule has 0 aliphatic rings. The molecule has 102 valence electrons. The van der Waals surface area contributed by atoms with Gasteiger partial charge in [-0.15, -0.1) is 0 Å². The summed E-state index contributed by atoms with van der Waals surface area (Å²) in [5.41, 5.74) is 1.38. The van der Waals surface area contributed by atoms with Crippen LogP contribution in [0, 0.1) is 5.92 Å². The van der Waals surface area contributed by atoms with Gasteiger partial charge in [0.2, 0.25) is 0 Å². The molecule has 18 heavy (non-hydrogen) atoms. The SMILES string of the molecule is CCCNC(CSCC(C)C)Cc1ccncc1. The van der Waals surface area contributed by atoms with E-state index in [2.05, 4.69) is 55.0 Å². The molecule has 0 aliphatic heterocycles. The Bertz CT molecular complexity index is 301. The van der Waals surface area contributed by atoms with Crippen molar-refractivity contribution in [3.8, 4) is 0 Å². The van der Waals surface area contributed by atoms with Crippen LogP contribution in [0.15, 0.2) is 24.5 Å². The zero-order chi connectivity index (χ0) is 13.2. The molecule has 1 unspecified atom stereocenters. The summed E-state index contributed by atoms with van der Waals surface area (Å²) >= 11 is 2.06. The van der Waals surface area contributed by atoms with Gasteiger partial charge in [-0.05, 0) is 48.8 Å². The molecule has 1 rings (SSSR count). The van der Waals surface area contributed by atoms with Gasteiger partial charge in [0.05, 0.1) is 0 Å². The molecule has 2 nitrogen and oxygen atoms in total. The fourth-order valence-electron chi connectivity index (χ4n) is 1.79. The second-order valence-corrected chi connectivity index (χ2v) is 6.22. The minimum absolute atomic E-state index is 0.580. The standard InChI is InChI=1S/C15H26N2S/c1-4-7-17-15(12-18-11-13(2)3)10-14-5-8-16-9-6-14/h5-6,8-9,13,15,17H,4,7,10-12H2,1-3H3. The maximum absolute atomic E-state index is 4.07. The monoisotopic (exact) mass is 266 g/mol. The van der Waals surface area contributed by atoms with Crippen LogP contribution in [0.5, 0.6) is 0 Å². The van der Waals surface area contributed by atoms with E-state index >= 15 is 0 Å². The number of thioether (sulfide) groups is 1. The summed E-state index contributed by atoms with van der Waals surface area (Å²) in [6.07, 6.45) is 6.07. The largest absolute Gasteiger partial charge is 0.313 e. The van der Waals surface area contributed by atoms with Crippen LogP contribution in [-0.4, -0.2) is 29.1 Å². The van der Waals surface area contributed by atoms with Crippen LogP contribution in [0.25, 0.3) is 0 Å². The Balaban J connectivity index is 2.39. The molecule has 0 saturated heterocycles. The highest BCUT2D eigenvalue weighted by molar-refractivity contribution is 7.99. The molecule has 0 fully saturated rings. The first-order chi connectivity index (χ1) is 8.72. The van der Waals surface area contributed by atoms with Crippen molar-refractivity contribution < 1.29 is 0 Å². The van der Waals surface area contributed by atoms with Gasteiger partial charge in [-0.3, -0.25) is 4.98 Å². The Morgan fingerprint density at radius 3 is 2.56 bits per heavy atom. The lowest BCUT2D eigenvalue weighted by molar-refractivity contribution is 0.549. The highest BCUT2D eigenvalue weighted by atomic mass is 32.2. The van der Waals surface area contributed by atoms with E-state index in [0.29, 0.717) is 6.04 Å². The van der Waals surface area contributed by atoms with Gasteiger partial charge >= 0.3 is 0 Å². The van der Waals surface area contributed by atoms with E-state index in [1.54, 1.807) is 0 Å². The smallest absolute Gasteiger partial charge is 0.0270 e. The van der Waals surface area contributed by atoms with Crippen molar-refractivity contribution in [3.05, 3.63) is 30.1 Å². The molecule has 1 heterocycles. The molecule has 1 N–H and O–H groups in total. The number of aromatic nitrogens is 1. The minimum atomic E-state index is 0.580. The molecule has 1 aromatic heterocycles. The first-order valence-corrected chi connectivity index (χ1v) is 8.07. The van der Waals surface area contributed by atoms with Gasteiger partial charge in [0.25, 0.3) is 0 Å². The molecule has 0 bridgehead atoms. The molecule has 0 spiro atoms. The van der Waals surface area contributed by atoms with Gasteiger partial charge < -0.3 is 5.32 Å². The summed E-state index contributed by atoms with van der Waals surface area (Å²) in [5.74, 6) is 3.23. The Hall–Kier alpha value is -0.540. The van der Waals surface area contributed by atoms with Crippen molar-refractivity contribution in [1.29, 1.82) is 0 Å². The molecule has 0 aromatic carbocycles. The zero-order valence-corrected chi connectivity index (χ0v) is 12.7. The highest BCUT2D eigenvalue weighted by Gasteiger charge is 2.09. The Morgan fingerprint density at radius 1 is 1.22 bits per heavy atom. The van der Waals surface area contributed by atoms with Crippen LogP contribution in [0.2, 0.25) is 0 Å². The zero-order valence-electron chi connectivity index (χ0n) is 11.9. The van der Waals surface area contributed by atoms with Crippen LogP contribution >= 0.6 is 11.8 Å². The topological polar surface area (TPSA) is 24.9 Å². The molecular weight excluding hydrogens is 240 g/mol. The van der Waals surface area contributed by atoms with Crippen molar-refractivity contribution in [1.82, 2.24) is 10.3 Å². The van der Waals surface area contributed by atoms with Crippen LogP contribution in [0.3, 0.4) is 0 Å². The summed E-state index contributed by atoms with van der Waals surface area (Å²) in [6.45, 7) is 7.89. The lowest BCUT2D eigenvalue weighted by Gasteiger charge is -2.18. The molecule has 0 saturated carbocycles. The van der Waals surface area contributed by atoms with E-state index < -0.39 is 0 Å². The first-order valence-electron chi connectivity index (χ1n) is 6.92. The quantitative estimate of drug-likeness (QED) is 0.741. The van der Waals surface area contributed by atoms with Gasteiger partial charge in [0.1, 0.15) is 0 Å². The second kappa shape index (κ2) is 9.40. The van der Waals surface area contributed by atoms with Gasteiger partial charge in [0, 0.05) is 24.2 Å². The van der Waals surface area contributed by atoms with Crippen LogP contribution in [0.1, 0.15) is 32.8 Å². The number of hydrogen-bond acceptors (Lipinski definition) is 3. The lowest BCUT2D eigenvalue weighted by Crippen LogP contribution is -2.34. The first kappa shape index (κ1) is 15.5. The van der Waals surface area contributed by atoms with Crippen molar-refractivity contribution in [2.24, 2.45) is 5.92 Å². The molecule has 1 aromatic rings. The molecule has 0 amide bonds. The molecule has 3 heteroatoms.